The fourth-order valence-electron chi connectivity index (χ4n) is 4.10. The molecule has 0 atom stereocenters. The predicted octanol–water partition coefficient (Wildman–Crippen LogP) is 5.65. The third-order valence-electron chi connectivity index (χ3n) is 5.90. The number of para-hydroxylation sites is 1. The predicted molar refractivity (Wildman–Crippen MR) is 141 cm³/mol. The maximum atomic E-state index is 12.9. The lowest BCUT2D eigenvalue weighted by atomic mass is 10.1. The molecule has 2 amide bonds. The van der Waals surface area contributed by atoms with Crippen molar-refractivity contribution in [3.8, 4) is 5.75 Å². The number of carbonyl (C=O) groups excluding carboxylic acids is 2. The standard InChI is InChI=1S/C28H30ClN3O3/c1-19(2)35-23-13-11-21(12-14-23)27(33)30-25-6-4-5-24(29)26(25)31-15-17-32(18-16-31)28(34)22-9-7-20(3)8-10-22/h4-14,19H,15-18H2,1-3H3,(H,30,33). The summed E-state index contributed by atoms with van der Waals surface area (Å²) in [7, 11) is 0. The normalized spacial score (nSPS) is 13.6. The lowest BCUT2D eigenvalue weighted by Gasteiger charge is -2.37. The number of carbonyl (C=O) groups is 2. The van der Waals surface area contributed by atoms with E-state index in [9.17, 15) is 9.59 Å². The van der Waals surface area contributed by atoms with Crippen LogP contribution in [-0.4, -0.2) is 49.0 Å². The van der Waals surface area contributed by atoms with Crippen LogP contribution in [0.1, 0.15) is 40.1 Å². The van der Waals surface area contributed by atoms with Gasteiger partial charge in [0.25, 0.3) is 11.8 Å². The molecule has 1 aliphatic rings. The summed E-state index contributed by atoms with van der Waals surface area (Å²) in [6, 6.07) is 20.2. The van der Waals surface area contributed by atoms with E-state index in [0.29, 0.717) is 48.0 Å². The number of anilines is 2. The molecule has 3 aromatic carbocycles. The fourth-order valence-corrected chi connectivity index (χ4v) is 4.40. The number of hydrogen-bond acceptors (Lipinski definition) is 4. The third kappa shape index (κ3) is 5.95. The first-order valence-corrected chi connectivity index (χ1v) is 12.2. The van der Waals surface area contributed by atoms with Crippen LogP contribution in [0.2, 0.25) is 5.02 Å². The van der Waals surface area contributed by atoms with Gasteiger partial charge in [-0.2, -0.15) is 0 Å². The molecule has 3 aromatic rings. The number of halogens is 1. The molecule has 0 aliphatic carbocycles. The Labute approximate surface area is 211 Å². The molecular formula is C28H30ClN3O3. The van der Waals surface area contributed by atoms with Crippen molar-refractivity contribution in [2.45, 2.75) is 26.9 Å². The zero-order valence-electron chi connectivity index (χ0n) is 20.3. The van der Waals surface area contributed by atoms with Crippen LogP contribution in [0, 0.1) is 6.92 Å². The Bertz CT molecular complexity index is 1190. The summed E-state index contributed by atoms with van der Waals surface area (Å²) >= 11 is 6.58. The maximum absolute atomic E-state index is 12.9. The Morgan fingerprint density at radius 1 is 0.886 bits per heavy atom. The summed E-state index contributed by atoms with van der Waals surface area (Å²) < 4.78 is 5.66. The smallest absolute Gasteiger partial charge is 0.255 e. The number of rotatable bonds is 6. The Hall–Kier alpha value is -3.51. The van der Waals surface area contributed by atoms with Crippen molar-refractivity contribution in [2.75, 3.05) is 36.4 Å². The molecule has 1 N–H and O–H groups in total. The van der Waals surface area contributed by atoms with Crippen molar-refractivity contribution in [2.24, 2.45) is 0 Å². The number of aryl methyl sites for hydroxylation is 1. The molecule has 7 heteroatoms. The minimum Gasteiger partial charge on any atom is -0.491 e. The molecule has 0 spiro atoms. The Morgan fingerprint density at radius 2 is 1.51 bits per heavy atom. The first kappa shape index (κ1) is 24.6. The topological polar surface area (TPSA) is 61.9 Å². The second-order valence-corrected chi connectivity index (χ2v) is 9.33. The highest BCUT2D eigenvalue weighted by molar-refractivity contribution is 6.34. The van der Waals surface area contributed by atoms with Gasteiger partial charge in [0.05, 0.1) is 22.5 Å². The molecule has 0 unspecified atom stereocenters. The summed E-state index contributed by atoms with van der Waals surface area (Å²) in [5.41, 5.74) is 3.76. The van der Waals surface area contributed by atoms with Crippen molar-refractivity contribution in [1.82, 2.24) is 4.90 Å². The number of nitrogens with one attached hydrogen (secondary N) is 1. The first-order chi connectivity index (χ1) is 16.8. The zero-order chi connectivity index (χ0) is 24.9. The molecule has 0 radical (unpaired) electrons. The van der Waals surface area contributed by atoms with Gasteiger partial charge in [-0.3, -0.25) is 9.59 Å². The van der Waals surface area contributed by atoms with Crippen LogP contribution in [0.15, 0.2) is 66.7 Å². The number of amides is 2. The molecule has 1 heterocycles. The average molecular weight is 492 g/mol. The van der Waals surface area contributed by atoms with Gasteiger partial charge in [-0.25, -0.2) is 0 Å². The molecule has 1 fully saturated rings. The number of hydrogen-bond donors (Lipinski definition) is 1. The number of ether oxygens (including phenoxy) is 1. The van der Waals surface area contributed by atoms with Crippen molar-refractivity contribution in [1.29, 1.82) is 0 Å². The Balaban J connectivity index is 1.44. The molecule has 182 valence electrons. The van der Waals surface area contributed by atoms with E-state index in [1.807, 2.05) is 68.1 Å². The van der Waals surface area contributed by atoms with Crippen LogP contribution in [0.25, 0.3) is 0 Å². The highest BCUT2D eigenvalue weighted by atomic mass is 35.5. The van der Waals surface area contributed by atoms with E-state index in [1.165, 1.54) is 0 Å². The van der Waals surface area contributed by atoms with E-state index >= 15 is 0 Å². The number of piperazine rings is 1. The SMILES string of the molecule is Cc1ccc(C(=O)N2CCN(c3c(Cl)cccc3NC(=O)c3ccc(OC(C)C)cc3)CC2)cc1. The molecule has 0 bridgehead atoms. The first-order valence-electron chi connectivity index (χ1n) is 11.8. The molecular weight excluding hydrogens is 462 g/mol. The third-order valence-corrected chi connectivity index (χ3v) is 6.21. The van der Waals surface area contributed by atoms with E-state index in [4.69, 9.17) is 16.3 Å². The largest absolute Gasteiger partial charge is 0.491 e. The molecule has 4 rings (SSSR count). The van der Waals surface area contributed by atoms with E-state index in [0.717, 1.165) is 17.0 Å². The van der Waals surface area contributed by atoms with Crippen LogP contribution >= 0.6 is 11.6 Å². The van der Waals surface area contributed by atoms with E-state index in [1.54, 1.807) is 24.3 Å². The van der Waals surface area contributed by atoms with Gasteiger partial charge in [0.2, 0.25) is 0 Å². The number of nitrogens with zero attached hydrogens (tertiary/aromatic N) is 2. The Morgan fingerprint density at radius 3 is 2.14 bits per heavy atom. The van der Waals surface area contributed by atoms with Crippen molar-refractivity contribution in [3.05, 3.63) is 88.4 Å². The van der Waals surface area contributed by atoms with Gasteiger partial charge in [0.1, 0.15) is 5.75 Å². The van der Waals surface area contributed by atoms with Gasteiger partial charge < -0.3 is 19.9 Å². The lowest BCUT2D eigenvalue weighted by Crippen LogP contribution is -2.49. The summed E-state index contributed by atoms with van der Waals surface area (Å²) in [5.74, 6) is 0.526. The highest BCUT2D eigenvalue weighted by Gasteiger charge is 2.25. The van der Waals surface area contributed by atoms with Crippen molar-refractivity contribution >= 4 is 34.8 Å². The van der Waals surface area contributed by atoms with Crippen LogP contribution < -0.4 is 15.0 Å². The molecule has 1 saturated heterocycles. The second kappa shape index (κ2) is 10.8. The summed E-state index contributed by atoms with van der Waals surface area (Å²) in [6.07, 6.45) is 0.0661. The second-order valence-electron chi connectivity index (χ2n) is 8.93. The van der Waals surface area contributed by atoms with Crippen LogP contribution in [0.5, 0.6) is 5.75 Å². The van der Waals surface area contributed by atoms with Crippen LogP contribution in [0.3, 0.4) is 0 Å². The van der Waals surface area contributed by atoms with Gasteiger partial charge in [-0.15, -0.1) is 0 Å². The minimum atomic E-state index is -0.224. The fraction of sp³-hybridized carbons (Fsp3) is 0.286. The monoisotopic (exact) mass is 491 g/mol. The van der Waals surface area contributed by atoms with Crippen molar-refractivity contribution < 1.29 is 14.3 Å². The molecule has 0 aromatic heterocycles. The van der Waals surface area contributed by atoms with E-state index in [-0.39, 0.29) is 17.9 Å². The van der Waals surface area contributed by atoms with Crippen LogP contribution in [0.4, 0.5) is 11.4 Å². The summed E-state index contributed by atoms with van der Waals surface area (Å²) in [5, 5.41) is 3.56. The average Bonchev–Trinajstić information content (AvgIpc) is 2.84. The summed E-state index contributed by atoms with van der Waals surface area (Å²) in [4.78, 5) is 29.8. The van der Waals surface area contributed by atoms with E-state index in [2.05, 4.69) is 10.2 Å². The quantitative estimate of drug-likeness (QED) is 0.484. The highest BCUT2D eigenvalue weighted by Crippen LogP contribution is 2.35. The van der Waals surface area contributed by atoms with Gasteiger partial charge in [0.15, 0.2) is 0 Å². The molecule has 6 nitrogen and oxygen atoms in total. The Kier molecular flexibility index (Phi) is 7.61. The molecule has 0 saturated carbocycles. The summed E-state index contributed by atoms with van der Waals surface area (Å²) in [6.45, 7) is 8.30. The van der Waals surface area contributed by atoms with Gasteiger partial charge in [-0.1, -0.05) is 35.4 Å². The lowest BCUT2D eigenvalue weighted by molar-refractivity contribution is 0.0746. The molecule has 35 heavy (non-hydrogen) atoms. The minimum absolute atomic E-state index is 0.0298. The van der Waals surface area contributed by atoms with Gasteiger partial charge in [-0.05, 0) is 69.3 Å². The van der Waals surface area contributed by atoms with Gasteiger partial charge >= 0.3 is 0 Å². The van der Waals surface area contributed by atoms with E-state index < -0.39 is 0 Å². The van der Waals surface area contributed by atoms with Crippen molar-refractivity contribution in [3.63, 3.8) is 0 Å². The zero-order valence-corrected chi connectivity index (χ0v) is 21.0. The van der Waals surface area contributed by atoms with Crippen LogP contribution in [-0.2, 0) is 0 Å². The molecule has 1 aliphatic heterocycles. The number of benzene rings is 3. The van der Waals surface area contributed by atoms with Gasteiger partial charge in [0, 0.05) is 37.3 Å². The maximum Gasteiger partial charge on any atom is 0.255 e.